The van der Waals surface area contributed by atoms with Gasteiger partial charge in [0.25, 0.3) is 11.1 Å². The number of benzene rings is 2. The van der Waals surface area contributed by atoms with Gasteiger partial charge >= 0.3 is 0 Å². The summed E-state index contributed by atoms with van der Waals surface area (Å²) in [5, 5.41) is 7.52. The van der Waals surface area contributed by atoms with Crippen molar-refractivity contribution in [1.29, 1.82) is 0 Å². The quantitative estimate of drug-likeness (QED) is 0.485. The number of Topliss-reactive ketones (excluding diaryl/α,β-unsaturated/α-hetero) is 1. The zero-order valence-electron chi connectivity index (χ0n) is 13.6. The summed E-state index contributed by atoms with van der Waals surface area (Å²) in [4.78, 5) is 12.5. The van der Waals surface area contributed by atoms with Crippen molar-refractivity contribution in [3.8, 4) is 17.2 Å². The molecule has 0 aliphatic heterocycles. The van der Waals surface area contributed by atoms with Crippen LogP contribution in [-0.2, 0) is 0 Å². The van der Waals surface area contributed by atoms with E-state index in [4.69, 9.17) is 9.15 Å². The maximum atomic E-state index is 13.8. The van der Waals surface area contributed by atoms with Crippen molar-refractivity contribution < 1.29 is 18.3 Å². The van der Waals surface area contributed by atoms with Crippen molar-refractivity contribution in [3.05, 3.63) is 59.9 Å². The van der Waals surface area contributed by atoms with Gasteiger partial charge in [0.15, 0.2) is 5.78 Å². The highest BCUT2D eigenvalue weighted by molar-refractivity contribution is 8.00. The molecule has 0 spiro atoms. The van der Waals surface area contributed by atoms with Gasteiger partial charge in [-0.05, 0) is 43.3 Å². The lowest BCUT2D eigenvalue weighted by atomic mass is 10.1. The first-order valence-electron chi connectivity index (χ1n) is 7.52. The second kappa shape index (κ2) is 7.48. The van der Waals surface area contributed by atoms with Crippen molar-refractivity contribution in [2.45, 2.75) is 17.4 Å². The molecule has 2 aromatic carbocycles. The van der Waals surface area contributed by atoms with Crippen LogP contribution in [0.1, 0.15) is 17.3 Å². The number of ketones is 1. The molecule has 0 aliphatic carbocycles. The van der Waals surface area contributed by atoms with E-state index in [0.717, 1.165) is 11.8 Å². The predicted molar refractivity (Wildman–Crippen MR) is 92.3 cm³/mol. The van der Waals surface area contributed by atoms with E-state index in [1.54, 1.807) is 56.5 Å². The predicted octanol–water partition coefficient (Wildman–Crippen LogP) is 4.25. The second-order valence-electron chi connectivity index (χ2n) is 5.21. The Labute approximate surface area is 148 Å². The molecule has 3 aromatic rings. The zero-order valence-corrected chi connectivity index (χ0v) is 14.4. The minimum absolute atomic E-state index is 0.0710. The molecule has 0 amide bonds. The van der Waals surface area contributed by atoms with E-state index in [1.807, 2.05) is 0 Å². The smallest absolute Gasteiger partial charge is 0.277 e. The standard InChI is InChI=1S/C18H15FN2O3S/c1-11(16(22)12-7-9-13(23-2)10-8-12)25-18-21-20-17(24-18)14-5-3-4-6-15(14)19/h3-11H,1-2H3/t11-/m0/s1. The van der Waals surface area contributed by atoms with E-state index >= 15 is 0 Å². The van der Waals surface area contributed by atoms with Crippen molar-refractivity contribution in [2.24, 2.45) is 0 Å². The summed E-state index contributed by atoms with van der Waals surface area (Å²) in [6.07, 6.45) is 0. The van der Waals surface area contributed by atoms with Crippen molar-refractivity contribution in [1.82, 2.24) is 10.2 Å². The van der Waals surface area contributed by atoms with Crippen LogP contribution < -0.4 is 4.74 Å². The Hall–Kier alpha value is -2.67. The topological polar surface area (TPSA) is 65.2 Å². The van der Waals surface area contributed by atoms with E-state index in [0.29, 0.717) is 11.3 Å². The molecule has 1 heterocycles. The number of aromatic nitrogens is 2. The van der Waals surface area contributed by atoms with Gasteiger partial charge in [-0.2, -0.15) is 0 Å². The van der Waals surface area contributed by atoms with Gasteiger partial charge in [0.1, 0.15) is 11.6 Å². The summed E-state index contributed by atoms with van der Waals surface area (Å²) in [6, 6.07) is 13.0. The van der Waals surface area contributed by atoms with Crippen LogP contribution in [0, 0.1) is 5.82 Å². The van der Waals surface area contributed by atoms with Crippen molar-refractivity contribution in [3.63, 3.8) is 0 Å². The average Bonchev–Trinajstić information content (AvgIpc) is 3.09. The molecular formula is C18H15FN2O3S. The molecule has 5 nitrogen and oxygen atoms in total. The summed E-state index contributed by atoms with van der Waals surface area (Å²) in [5.41, 5.74) is 0.797. The lowest BCUT2D eigenvalue weighted by Crippen LogP contribution is -2.13. The summed E-state index contributed by atoms with van der Waals surface area (Å²) >= 11 is 1.13. The molecule has 1 aromatic heterocycles. The molecule has 1 atom stereocenters. The summed E-state index contributed by atoms with van der Waals surface area (Å²) in [5.74, 6) is 0.260. The fourth-order valence-electron chi connectivity index (χ4n) is 2.20. The van der Waals surface area contributed by atoms with Crippen molar-refractivity contribution >= 4 is 17.5 Å². The van der Waals surface area contributed by atoms with Gasteiger partial charge in [-0.3, -0.25) is 4.79 Å². The number of ether oxygens (including phenoxy) is 1. The van der Waals surface area contributed by atoms with Gasteiger partial charge in [-0.1, -0.05) is 23.9 Å². The zero-order chi connectivity index (χ0) is 17.8. The van der Waals surface area contributed by atoms with E-state index in [-0.39, 0.29) is 22.5 Å². The molecular weight excluding hydrogens is 343 g/mol. The number of hydrogen-bond donors (Lipinski definition) is 0. The van der Waals surface area contributed by atoms with Crippen LogP contribution in [0.25, 0.3) is 11.5 Å². The normalized spacial score (nSPS) is 12.0. The van der Waals surface area contributed by atoms with Gasteiger partial charge in [0.2, 0.25) is 0 Å². The summed E-state index contributed by atoms with van der Waals surface area (Å²) in [6.45, 7) is 1.75. The first-order valence-corrected chi connectivity index (χ1v) is 8.40. The number of thioether (sulfide) groups is 1. The number of halogens is 1. The Morgan fingerprint density at radius 2 is 1.88 bits per heavy atom. The van der Waals surface area contributed by atoms with Crippen LogP contribution in [0.4, 0.5) is 4.39 Å². The highest BCUT2D eigenvalue weighted by Gasteiger charge is 2.20. The maximum Gasteiger partial charge on any atom is 0.277 e. The lowest BCUT2D eigenvalue weighted by molar-refractivity contribution is 0.0993. The van der Waals surface area contributed by atoms with Gasteiger partial charge < -0.3 is 9.15 Å². The molecule has 3 rings (SSSR count). The van der Waals surface area contributed by atoms with E-state index in [2.05, 4.69) is 10.2 Å². The molecule has 0 unspecified atom stereocenters. The fourth-order valence-corrected chi connectivity index (χ4v) is 2.96. The van der Waals surface area contributed by atoms with E-state index in [9.17, 15) is 9.18 Å². The Morgan fingerprint density at radius 3 is 2.56 bits per heavy atom. The largest absolute Gasteiger partial charge is 0.497 e. The SMILES string of the molecule is COc1ccc(C(=O)[C@H](C)Sc2nnc(-c3ccccc3F)o2)cc1. The third-order valence-corrected chi connectivity index (χ3v) is 4.47. The highest BCUT2D eigenvalue weighted by Crippen LogP contribution is 2.29. The Kier molecular flexibility index (Phi) is 5.14. The molecule has 0 aliphatic rings. The third-order valence-electron chi connectivity index (χ3n) is 3.53. The monoisotopic (exact) mass is 358 g/mol. The van der Waals surface area contributed by atoms with Crippen LogP contribution in [0.3, 0.4) is 0 Å². The summed E-state index contributed by atoms with van der Waals surface area (Å²) < 4.78 is 24.3. The number of nitrogens with zero attached hydrogens (tertiary/aromatic N) is 2. The molecule has 25 heavy (non-hydrogen) atoms. The van der Waals surface area contributed by atoms with Crippen LogP contribution in [-0.4, -0.2) is 28.3 Å². The molecule has 7 heteroatoms. The van der Waals surface area contributed by atoms with Crippen LogP contribution in [0.15, 0.2) is 58.2 Å². The molecule has 0 fully saturated rings. The molecule has 128 valence electrons. The minimum Gasteiger partial charge on any atom is -0.497 e. The van der Waals surface area contributed by atoms with E-state index in [1.165, 1.54) is 6.07 Å². The average molecular weight is 358 g/mol. The molecule has 0 radical (unpaired) electrons. The van der Waals surface area contributed by atoms with Gasteiger partial charge in [-0.15, -0.1) is 10.2 Å². The number of carbonyl (C=O) groups excluding carboxylic acids is 1. The molecule has 0 bridgehead atoms. The van der Waals surface area contributed by atoms with Gasteiger partial charge in [0, 0.05) is 5.56 Å². The maximum absolute atomic E-state index is 13.8. The van der Waals surface area contributed by atoms with Gasteiger partial charge in [0.05, 0.1) is 17.9 Å². The second-order valence-corrected chi connectivity index (χ2v) is 6.50. The first kappa shape index (κ1) is 17.2. The third kappa shape index (κ3) is 3.88. The molecule has 0 N–H and O–H groups in total. The first-order chi connectivity index (χ1) is 12.1. The fraction of sp³-hybridized carbons (Fsp3) is 0.167. The number of rotatable bonds is 6. The Balaban J connectivity index is 1.71. The number of carbonyl (C=O) groups is 1. The van der Waals surface area contributed by atoms with Gasteiger partial charge in [-0.25, -0.2) is 4.39 Å². The molecule has 0 saturated heterocycles. The van der Waals surface area contributed by atoms with Crippen molar-refractivity contribution in [2.75, 3.05) is 7.11 Å². The van der Waals surface area contributed by atoms with Crippen LogP contribution in [0.5, 0.6) is 5.75 Å². The molecule has 0 saturated carbocycles. The Bertz CT molecular complexity index is 880. The van der Waals surface area contributed by atoms with Crippen LogP contribution >= 0.6 is 11.8 Å². The van der Waals surface area contributed by atoms with Crippen LogP contribution in [0.2, 0.25) is 0 Å². The Morgan fingerprint density at radius 1 is 1.16 bits per heavy atom. The number of hydrogen-bond acceptors (Lipinski definition) is 6. The lowest BCUT2D eigenvalue weighted by Gasteiger charge is -2.08. The highest BCUT2D eigenvalue weighted by atomic mass is 32.2. The number of methoxy groups -OCH3 is 1. The van der Waals surface area contributed by atoms with E-state index < -0.39 is 11.1 Å². The minimum atomic E-state index is -0.440. The summed E-state index contributed by atoms with van der Waals surface area (Å²) in [7, 11) is 1.57.